The van der Waals surface area contributed by atoms with Gasteiger partial charge in [0.15, 0.2) is 5.17 Å². The molecule has 1 amide bonds. The van der Waals surface area contributed by atoms with Crippen LogP contribution in [0.3, 0.4) is 0 Å². The Kier molecular flexibility index (Phi) is 4.29. The largest absolute Gasteiger partial charge is 0.497 e. The highest BCUT2D eigenvalue weighted by Crippen LogP contribution is 2.29. The second-order valence-corrected chi connectivity index (χ2v) is 6.24. The van der Waals surface area contributed by atoms with Crippen LogP contribution in [0.15, 0.2) is 34.2 Å². The van der Waals surface area contributed by atoms with E-state index < -0.39 is 0 Å². The number of carbonyl (C=O) groups is 1. The van der Waals surface area contributed by atoms with Crippen LogP contribution in [0, 0.1) is 0 Å². The molecule has 1 N–H and O–H groups in total. The zero-order chi connectivity index (χ0) is 14.7. The standard InChI is InChI=1S/C16H18N2O2S/c1-20-13-8-6-11(7-9-13)10-14-15(19)18-16(21-14)17-12-4-2-3-5-12/h6-10,12H,2-5H2,1H3,(H,17,18,19)/b14-10-. The van der Waals surface area contributed by atoms with Gasteiger partial charge in [-0.3, -0.25) is 9.79 Å². The number of nitrogens with zero attached hydrogens (tertiary/aromatic N) is 1. The molecule has 0 aromatic heterocycles. The fourth-order valence-corrected chi connectivity index (χ4v) is 3.43. The summed E-state index contributed by atoms with van der Waals surface area (Å²) in [4.78, 5) is 17.3. The highest BCUT2D eigenvalue weighted by molar-refractivity contribution is 8.18. The monoisotopic (exact) mass is 302 g/mol. The second kappa shape index (κ2) is 6.35. The maximum Gasteiger partial charge on any atom is 0.264 e. The van der Waals surface area contributed by atoms with Crippen molar-refractivity contribution in [2.75, 3.05) is 7.11 Å². The van der Waals surface area contributed by atoms with Gasteiger partial charge >= 0.3 is 0 Å². The van der Waals surface area contributed by atoms with Crippen molar-refractivity contribution < 1.29 is 9.53 Å². The van der Waals surface area contributed by atoms with Crippen LogP contribution in [0.5, 0.6) is 5.75 Å². The SMILES string of the molecule is COc1ccc(/C=C2\SC(=NC3CCCC3)NC2=O)cc1. The van der Waals surface area contributed by atoms with E-state index in [1.807, 2.05) is 30.3 Å². The third-order valence-corrected chi connectivity index (χ3v) is 4.61. The molecule has 0 spiro atoms. The zero-order valence-corrected chi connectivity index (χ0v) is 12.8. The van der Waals surface area contributed by atoms with Crippen LogP contribution < -0.4 is 10.1 Å². The Morgan fingerprint density at radius 2 is 2.00 bits per heavy atom. The fourth-order valence-electron chi connectivity index (χ4n) is 2.54. The van der Waals surface area contributed by atoms with Gasteiger partial charge in [-0.2, -0.15) is 0 Å². The summed E-state index contributed by atoms with van der Waals surface area (Å²) in [6.07, 6.45) is 6.65. The van der Waals surface area contributed by atoms with E-state index >= 15 is 0 Å². The first kappa shape index (κ1) is 14.2. The first-order chi connectivity index (χ1) is 10.2. The molecule has 3 rings (SSSR count). The van der Waals surface area contributed by atoms with Crippen molar-refractivity contribution in [2.24, 2.45) is 4.99 Å². The van der Waals surface area contributed by atoms with Gasteiger partial charge in [0, 0.05) is 0 Å². The molecule has 1 aromatic rings. The topological polar surface area (TPSA) is 50.7 Å². The Balaban J connectivity index is 1.72. The molecule has 0 radical (unpaired) electrons. The lowest BCUT2D eigenvalue weighted by Gasteiger charge is -2.02. The lowest BCUT2D eigenvalue weighted by molar-refractivity contribution is -0.115. The average Bonchev–Trinajstić information content (AvgIpc) is 3.11. The smallest absolute Gasteiger partial charge is 0.264 e. The van der Waals surface area contributed by atoms with E-state index in [2.05, 4.69) is 10.3 Å². The summed E-state index contributed by atoms with van der Waals surface area (Å²) in [5.41, 5.74) is 0.982. The van der Waals surface area contributed by atoms with Gasteiger partial charge in [-0.05, 0) is 48.4 Å². The van der Waals surface area contributed by atoms with E-state index in [-0.39, 0.29) is 5.91 Å². The normalized spacial score (nSPS) is 23.0. The van der Waals surface area contributed by atoms with Crippen molar-refractivity contribution in [3.8, 4) is 5.75 Å². The molecule has 1 saturated heterocycles. The summed E-state index contributed by atoms with van der Waals surface area (Å²) < 4.78 is 5.13. The van der Waals surface area contributed by atoms with Crippen LogP contribution in [-0.2, 0) is 4.79 Å². The number of carbonyl (C=O) groups excluding carboxylic acids is 1. The number of aliphatic imine (C=N–C) groups is 1. The Labute approximate surface area is 128 Å². The number of rotatable bonds is 3. The third-order valence-electron chi connectivity index (χ3n) is 3.69. The predicted molar refractivity (Wildman–Crippen MR) is 86.4 cm³/mol. The van der Waals surface area contributed by atoms with Crippen LogP contribution in [0.2, 0.25) is 0 Å². The first-order valence-corrected chi connectivity index (χ1v) is 7.99. The van der Waals surface area contributed by atoms with Gasteiger partial charge in [0.1, 0.15) is 5.75 Å². The maximum atomic E-state index is 12.0. The number of nitrogens with one attached hydrogen (secondary N) is 1. The van der Waals surface area contributed by atoms with Crippen LogP contribution >= 0.6 is 11.8 Å². The van der Waals surface area contributed by atoms with Gasteiger partial charge in [0.2, 0.25) is 0 Å². The quantitative estimate of drug-likeness (QED) is 0.872. The molecule has 4 nitrogen and oxygen atoms in total. The number of benzene rings is 1. The molecule has 21 heavy (non-hydrogen) atoms. The fraction of sp³-hybridized carbons (Fsp3) is 0.375. The van der Waals surface area contributed by atoms with E-state index in [4.69, 9.17) is 4.74 Å². The molecule has 1 aliphatic carbocycles. The average molecular weight is 302 g/mol. The van der Waals surface area contributed by atoms with Crippen molar-refractivity contribution in [3.63, 3.8) is 0 Å². The van der Waals surface area contributed by atoms with Crippen LogP contribution in [0.25, 0.3) is 6.08 Å². The Bertz CT molecular complexity index is 587. The summed E-state index contributed by atoms with van der Waals surface area (Å²) in [7, 11) is 1.64. The third kappa shape index (κ3) is 3.47. The van der Waals surface area contributed by atoms with E-state index in [1.54, 1.807) is 7.11 Å². The van der Waals surface area contributed by atoms with Gasteiger partial charge in [-0.1, -0.05) is 25.0 Å². The van der Waals surface area contributed by atoms with Crippen molar-refractivity contribution >= 4 is 28.9 Å². The Hall–Kier alpha value is -1.75. The lowest BCUT2D eigenvalue weighted by Crippen LogP contribution is -2.21. The molecule has 5 heteroatoms. The molecule has 1 aromatic carbocycles. The molecule has 0 bridgehead atoms. The summed E-state index contributed by atoms with van der Waals surface area (Å²) >= 11 is 1.43. The van der Waals surface area contributed by atoms with E-state index in [1.165, 1.54) is 24.6 Å². The summed E-state index contributed by atoms with van der Waals surface area (Å²) in [6, 6.07) is 8.03. The molecule has 1 heterocycles. The maximum absolute atomic E-state index is 12.0. The lowest BCUT2D eigenvalue weighted by atomic mass is 10.2. The molecule has 2 aliphatic rings. The summed E-state index contributed by atoms with van der Waals surface area (Å²) in [6.45, 7) is 0. The number of thioether (sulfide) groups is 1. The van der Waals surface area contributed by atoms with Crippen LogP contribution in [0.4, 0.5) is 0 Å². The van der Waals surface area contributed by atoms with Crippen LogP contribution in [0.1, 0.15) is 31.2 Å². The molecule has 110 valence electrons. The first-order valence-electron chi connectivity index (χ1n) is 7.17. The van der Waals surface area contributed by atoms with Gasteiger partial charge in [-0.15, -0.1) is 0 Å². The molecule has 0 atom stereocenters. The highest BCUT2D eigenvalue weighted by Gasteiger charge is 2.25. The van der Waals surface area contributed by atoms with Gasteiger partial charge in [0.05, 0.1) is 18.1 Å². The molecule has 0 unspecified atom stereocenters. The van der Waals surface area contributed by atoms with Crippen molar-refractivity contribution in [1.82, 2.24) is 5.32 Å². The number of hydrogen-bond acceptors (Lipinski definition) is 4. The van der Waals surface area contributed by atoms with E-state index in [0.29, 0.717) is 10.9 Å². The molecule has 1 aliphatic heterocycles. The number of amidine groups is 1. The van der Waals surface area contributed by atoms with E-state index in [0.717, 1.165) is 29.3 Å². The highest BCUT2D eigenvalue weighted by atomic mass is 32.2. The number of amides is 1. The molecular weight excluding hydrogens is 284 g/mol. The molecule has 1 saturated carbocycles. The molecular formula is C16H18N2O2S. The van der Waals surface area contributed by atoms with Crippen molar-refractivity contribution in [3.05, 3.63) is 34.7 Å². The summed E-state index contributed by atoms with van der Waals surface area (Å²) in [5.74, 6) is 0.747. The minimum absolute atomic E-state index is 0.0624. The second-order valence-electron chi connectivity index (χ2n) is 5.21. The zero-order valence-electron chi connectivity index (χ0n) is 12.0. The van der Waals surface area contributed by atoms with E-state index in [9.17, 15) is 4.79 Å². The van der Waals surface area contributed by atoms with Gasteiger partial charge < -0.3 is 10.1 Å². The Morgan fingerprint density at radius 3 is 2.67 bits per heavy atom. The Morgan fingerprint density at radius 1 is 1.29 bits per heavy atom. The van der Waals surface area contributed by atoms with Crippen molar-refractivity contribution in [2.45, 2.75) is 31.7 Å². The minimum atomic E-state index is -0.0624. The van der Waals surface area contributed by atoms with Crippen molar-refractivity contribution in [1.29, 1.82) is 0 Å². The van der Waals surface area contributed by atoms with Crippen LogP contribution in [-0.4, -0.2) is 24.2 Å². The number of methoxy groups -OCH3 is 1. The van der Waals surface area contributed by atoms with Gasteiger partial charge in [0.25, 0.3) is 5.91 Å². The number of hydrogen-bond donors (Lipinski definition) is 1. The number of ether oxygens (including phenoxy) is 1. The minimum Gasteiger partial charge on any atom is -0.497 e. The summed E-state index contributed by atoms with van der Waals surface area (Å²) in [5, 5.41) is 3.60. The molecule has 2 fully saturated rings. The predicted octanol–water partition coefficient (Wildman–Crippen LogP) is 3.20. The van der Waals surface area contributed by atoms with Gasteiger partial charge in [-0.25, -0.2) is 0 Å².